The molecular weight excluding hydrogens is 569 g/mol. The molecule has 1 aliphatic carbocycles. The zero-order valence-corrected chi connectivity index (χ0v) is 26.4. The second-order valence-electron chi connectivity index (χ2n) is 12.6. The summed E-state index contributed by atoms with van der Waals surface area (Å²) in [7, 11) is 1.67. The summed E-state index contributed by atoms with van der Waals surface area (Å²) < 4.78 is 13.7. The Labute approximate surface area is 265 Å². The molecule has 0 aromatic heterocycles. The average Bonchev–Trinajstić information content (AvgIpc) is 3.50. The first-order valence-electron chi connectivity index (χ1n) is 16.3. The van der Waals surface area contributed by atoms with E-state index >= 15 is 0 Å². The van der Waals surface area contributed by atoms with E-state index in [0.717, 1.165) is 41.2 Å². The van der Waals surface area contributed by atoms with E-state index in [2.05, 4.69) is 52.8 Å². The van der Waals surface area contributed by atoms with Crippen molar-refractivity contribution in [2.24, 2.45) is 11.7 Å². The fraction of sp³-hybridized carbons (Fsp3) is 0.472. The molecule has 1 saturated carbocycles. The van der Waals surface area contributed by atoms with Crippen molar-refractivity contribution in [3.63, 3.8) is 0 Å². The Morgan fingerprint density at radius 2 is 1.69 bits per heavy atom. The number of carbonyl (C=O) groups is 3. The van der Waals surface area contributed by atoms with Crippen molar-refractivity contribution in [2.45, 2.75) is 76.0 Å². The third kappa shape index (κ3) is 8.07. The number of hydrogen-bond donors (Lipinski definition) is 3. The van der Waals surface area contributed by atoms with Gasteiger partial charge in [0.2, 0.25) is 17.7 Å². The average molecular weight is 616 g/mol. The highest BCUT2D eigenvalue weighted by molar-refractivity contribution is 5.89. The SMILES string of the molecule is CCCC1CN(C(Cc2ccc3ccccc3c2)C(=O)NC)CCN1C(=O)C(Cc1ccc(F)cc1)NC(=O)C1CCC(N)C1. The van der Waals surface area contributed by atoms with Crippen LogP contribution in [-0.2, 0) is 27.2 Å². The molecule has 8 nitrogen and oxygen atoms in total. The lowest BCUT2D eigenvalue weighted by molar-refractivity contribution is -0.143. The van der Waals surface area contributed by atoms with Gasteiger partial charge >= 0.3 is 0 Å². The number of nitrogens with two attached hydrogens (primary N) is 1. The maximum absolute atomic E-state index is 14.3. The standard InChI is InChI=1S/C36H46FN5O3/c1-3-6-31-23-41(33(35(44)39-2)21-25-9-12-26-7-4-5-8-27(26)19-25)17-18-42(31)36(45)32(20-24-10-14-29(37)15-11-24)40-34(43)28-13-16-30(38)22-28/h4-5,7-12,14-15,19,28,30-33H,3,6,13,16-18,20-23,38H2,1-2H3,(H,39,44)(H,40,43). The summed E-state index contributed by atoms with van der Waals surface area (Å²) in [6.07, 6.45) is 4.58. The quantitative estimate of drug-likeness (QED) is 0.304. The molecule has 0 radical (unpaired) electrons. The van der Waals surface area contributed by atoms with E-state index in [1.807, 2.05) is 17.0 Å². The molecule has 9 heteroatoms. The number of rotatable bonds is 11. The minimum absolute atomic E-state index is 0.00288. The molecule has 4 N–H and O–H groups in total. The Bertz CT molecular complexity index is 1480. The molecule has 240 valence electrons. The van der Waals surface area contributed by atoms with Crippen LogP contribution in [0.4, 0.5) is 4.39 Å². The van der Waals surface area contributed by atoms with Crippen molar-refractivity contribution in [3.05, 3.63) is 83.7 Å². The summed E-state index contributed by atoms with van der Waals surface area (Å²) in [5.41, 5.74) is 7.94. The van der Waals surface area contributed by atoms with Gasteiger partial charge in [-0.1, -0.05) is 67.9 Å². The zero-order chi connectivity index (χ0) is 31.9. The summed E-state index contributed by atoms with van der Waals surface area (Å²) in [5.74, 6) is -0.896. The number of nitrogens with zero attached hydrogens (tertiary/aromatic N) is 2. The fourth-order valence-electron chi connectivity index (χ4n) is 6.98. The van der Waals surface area contributed by atoms with Crippen molar-refractivity contribution in [1.29, 1.82) is 0 Å². The molecule has 3 aromatic rings. The predicted octanol–water partition coefficient (Wildman–Crippen LogP) is 3.80. The summed E-state index contributed by atoms with van der Waals surface area (Å²) in [5, 5.41) is 8.21. The molecule has 1 heterocycles. The van der Waals surface area contributed by atoms with Crippen LogP contribution in [0.5, 0.6) is 0 Å². The highest BCUT2D eigenvalue weighted by Crippen LogP contribution is 2.26. The molecule has 1 aliphatic heterocycles. The van der Waals surface area contributed by atoms with E-state index in [1.165, 1.54) is 12.1 Å². The molecule has 5 atom stereocenters. The number of likely N-dealkylation sites (N-methyl/N-ethyl adjacent to an activating group) is 1. The summed E-state index contributed by atoms with van der Waals surface area (Å²) in [6.45, 7) is 3.62. The predicted molar refractivity (Wildman–Crippen MR) is 175 cm³/mol. The largest absolute Gasteiger partial charge is 0.358 e. The van der Waals surface area contributed by atoms with Gasteiger partial charge in [-0.25, -0.2) is 4.39 Å². The summed E-state index contributed by atoms with van der Waals surface area (Å²) in [6, 6.07) is 19.3. The van der Waals surface area contributed by atoms with Crippen molar-refractivity contribution < 1.29 is 18.8 Å². The molecular formula is C36H46FN5O3. The van der Waals surface area contributed by atoms with Gasteiger partial charge in [0.1, 0.15) is 11.9 Å². The van der Waals surface area contributed by atoms with Gasteiger partial charge in [0.25, 0.3) is 0 Å². The van der Waals surface area contributed by atoms with Crippen LogP contribution in [0.25, 0.3) is 10.8 Å². The number of piperazine rings is 1. The van der Waals surface area contributed by atoms with Crippen molar-refractivity contribution >= 4 is 28.5 Å². The second-order valence-corrected chi connectivity index (χ2v) is 12.6. The number of halogens is 1. The molecule has 5 rings (SSSR count). The van der Waals surface area contributed by atoms with E-state index in [1.54, 1.807) is 19.2 Å². The molecule has 2 aliphatic rings. The monoisotopic (exact) mass is 615 g/mol. The van der Waals surface area contributed by atoms with Gasteiger partial charge in [0.15, 0.2) is 0 Å². The first kappa shape index (κ1) is 32.6. The molecule has 0 bridgehead atoms. The Balaban J connectivity index is 1.34. The highest BCUT2D eigenvalue weighted by Gasteiger charge is 2.39. The lowest BCUT2D eigenvalue weighted by Crippen LogP contribution is -2.63. The topological polar surface area (TPSA) is 108 Å². The van der Waals surface area contributed by atoms with Gasteiger partial charge in [-0.05, 0) is 66.1 Å². The van der Waals surface area contributed by atoms with Crippen LogP contribution in [0, 0.1) is 11.7 Å². The van der Waals surface area contributed by atoms with Crippen LogP contribution in [0.15, 0.2) is 66.7 Å². The number of fused-ring (bicyclic) bond motifs is 1. The maximum Gasteiger partial charge on any atom is 0.245 e. The Kier molecular flexibility index (Phi) is 10.8. The lowest BCUT2D eigenvalue weighted by atomic mass is 9.97. The van der Waals surface area contributed by atoms with Gasteiger partial charge in [-0.2, -0.15) is 0 Å². The van der Waals surface area contributed by atoms with Crippen LogP contribution < -0.4 is 16.4 Å². The minimum atomic E-state index is -0.780. The van der Waals surface area contributed by atoms with Crippen LogP contribution in [0.3, 0.4) is 0 Å². The van der Waals surface area contributed by atoms with Crippen molar-refractivity contribution in [1.82, 2.24) is 20.4 Å². The van der Waals surface area contributed by atoms with E-state index in [-0.39, 0.29) is 54.0 Å². The van der Waals surface area contributed by atoms with Crippen LogP contribution in [-0.4, -0.2) is 78.4 Å². The van der Waals surface area contributed by atoms with Crippen molar-refractivity contribution in [3.8, 4) is 0 Å². The molecule has 3 aromatic carbocycles. The van der Waals surface area contributed by atoms with Gasteiger partial charge < -0.3 is 21.3 Å². The molecule has 2 fully saturated rings. The Morgan fingerprint density at radius 1 is 0.956 bits per heavy atom. The molecule has 0 spiro atoms. The number of amides is 3. The van der Waals surface area contributed by atoms with E-state index in [0.29, 0.717) is 38.9 Å². The summed E-state index contributed by atoms with van der Waals surface area (Å²) in [4.78, 5) is 44.9. The molecule has 45 heavy (non-hydrogen) atoms. The molecule has 3 amide bonds. The number of carbonyl (C=O) groups excluding carboxylic acids is 3. The number of hydrogen-bond acceptors (Lipinski definition) is 5. The smallest absolute Gasteiger partial charge is 0.245 e. The number of nitrogens with one attached hydrogen (secondary N) is 2. The molecule has 5 unspecified atom stereocenters. The lowest BCUT2D eigenvalue weighted by Gasteiger charge is -2.45. The van der Waals surface area contributed by atoms with Gasteiger partial charge in [-0.3, -0.25) is 19.3 Å². The van der Waals surface area contributed by atoms with Gasteiger partial charge in [-0.15, -0.1) is 0 Å². The van der Waals surface area contributed by atoms with Crippen molar-refractivity contribution in [2.75, 3.05) is 26.7 Å². The van der Waals surface area contributed by atoms with Gasteiger partial charge in [0, 0.05) is 51.1 Å². The normalized spacial score (nSPS) is 21.8. The first-order chi connectivity index (χ1) is 21.7. The number of benzene rings is 3. The van der Waals surface area contributed by atoms with E-state index in [4.69, 9.17) is 5.73 Å². The maximum atomic E-state index is 14.3. The third-order valence-electron chi connectivity index (χ3n) is 9.46. The van der Waals surface area contributed by atoms with Crippen LogP contribution in [0.2, 0.25) is 0 Å². The van der Waals surface area contributed by atoms with Crippen LogP contribution in [0.1, 0.15) is 50.2 Å². The Morgan fingerprint density at radius 3 is 2.38 bits per heavy atom. The first-order valence-corrected chi connectivity index (χ1v) is 16.3. The second kappa shape index (κ2) is 15.0. The highest BCUT2D eigenvalue weighted by atomic mass is 19.1. The fourth-order valence-corrected chi connectivity index (χ4v) is 6.98. The third-order valence-corrected chi connectivity index (χ3v) is 9.46. The van der Waals surface area contributed by atoms with E-state index < -0.39 is 6.04 Å². The van der Waals surface area contributed by atoms with Gasteiger partial charge in [0.05, 0.1) is 6.04 Å². The summed E-state index contributed by atoms with van der Waals surface area (Å²) >= 11 is 0. The molecule has 1 saturated heterocycles. The Hall–Kier alpha value is -3.82. The van der Waals surface area contributed by atoms with E-state index in [9.17, 15) is 18.8 Å². The zero-order valence-electron chi connectivity index (χ0n) is 26.4. The van der Waals surface area contributed by atoms with Crippen LogP contribution >= 0.6 is 0 Å². The minimum Gasteiger partial charge on any atom is -0.358 e.